The molecule has 1 amide bonds. The molecule has 0 spiro atoms. The Bertz CT molecular complexity index is 1160. The van der Waals surface area contributed by atoms with Gasteiger partial charge in [-0.05, 0) is 31.2 Å². The summed E-state index contributed by atoms with van der Waals surface area (Å²) in [6.07, 6.45) is 0. The summed E-state index contributed by atoms with van der Waals surface area (Å²) in [5, 5.41) is 16.2. The van der Waals surface area contributed by atoms with Gasteiger partial charge < -0.3 is 9.47 Å². The van der Waals surface area contributed by atoms with Crippen molar-refractivity contribution < 1.29 is 24.0 Å². The molecule has 0 bridgehead atoms. The van der Waals surface area contributed by atoms with Gasteiger partial charge in [-0.2, -0.15) is 0 Å². The number of nitro benzene ring substituents is 1. The highest BCUT2D eigenvalue weighted by atomic mass is 35.5. The monoisotopic (exact) mass is 461 g/mol. The van der Waals surface area contributed by atoms with Crippen LogP contribution in [0.1, 0.15) is 27.6 Å². The molecule has 0 aliphatic heterocycles. The van der Waals surface area contributed by atoms with E-state index in [-0.39, 0.29) is 22.9 Å². The second-order valence-electron chi connectivity index (χ2n) is 6.09. The van der Waals surface area contributed by atoms with Crippen LogP contribution in [0.25, 0.3) is 11.3 Å². The van der Waals surface area contributed by atoms with Crippen molar-refractivity contribution in [1.29, 1.82) is 0 Å². The molecule has 1 N–H and O–H groups in total. The lowest BCUT2D eigenvalue weighted by Crippen LogP contribution is -2.14. The Morgan fingerprint density at radius 1 is 1.23 bits per heavy atom. The minimum Gasteiger partial charge on any atom is -0.495 e. The molecule has 1 aromatic heterocycles. The molecule has 2 aromatic carbocycles. The number of methoxy groups -OCH3 is 1. The Hall–Kier alpha value is -3.50. The lowest BCUT2D eigenvalue weighted by Gasteiger charge is -2.06. The number of aromatic nitrogens is 1. The van der Waals surface area contributed by atoms with E-state index in [9.17, 15) is 19.7 Å². The van der Waals surface area contributed by atoms with Crippen LogP contribution in [0, 0.1) is 10.1 Å². The number of thiazole rings is 1. The molecule has 31 heavy (non-hydrogen) atoms. The van der Waals surface area contributed by atoms with Crippen molar-refractivity contribution in [3.8, 4) is 17.0 Å². The fraction of sp³-hybridized carbons (Fsp3) is 0.150. The summed E-state index contributed by atoms with van der Waals surface area (Å²) in [6.45, 7) is 1.71. The highest BCUT2D eigenvalue weighted by Gasteiger charge is 2.19. The first-order valence-electron chi connectivity index (χ1n) is 8.89. The average Bonchev–Trinajstić information content (AvgIpc) is 3.21. The van der Waals surface area contributed by atoms with Gasteiger partial charge in [0.15, 0.2) is 5.13 Å². The van der Waals surface area contributed by atoms with E-state index in [0.29, 0.717) is 16.5 Å². The van der Waals surface area contributed by atoms with Crippen LogP contribution >= 0.6 is 22.9 Å². The molecule has 0 radical (unpaired) electrons. The van der Waals surface area contributed by atoms with Crippen LogP contribution in [0.4, 0.5) is 10.8 Å². The molecule has 0 aliphatic rings. The highest BCUT2D eigenvalue weighted by Crippen LogP contribution is 2.32. The molecule has 160 valence electrons. The lowest BCUT2D eigenvalue weighted by atomic mass is 10.1. The molecule has 0 saturated heterocycles. The normalized spacial score (nSPS) is 10.4. The van der Waals surface area contributed by atoms with Crippen molar-refractivity contribution in [2.24, 2.45) is 0 Å². The predicted octanol–water partition coefficient (Wildman–Crippen LogP) is 4.81. The number of halogens is 1. The van der Waals surface area contributed by atoms with E-state index in [1.54, 1.807) is 30.5 Å². The van der Waals surface area contributed by atoms with Crippen LogP contribution in [0.2, 0.25) is 5.02 Å². The molecule has 0 unspecified atom stereocenters. The van der Waals surface area contributed by atoms with Crippen LogP contribution < -0.4 is 10.1 Å². The van der Waals surface area contributed by atoms with Crippen molar-refractivity contribution in [1.82, 2.24) is 4.98 Å². The standard InChI is InChI=1S/C20H16ClN3O6S/c1-3-30-19(26)13-6-12(7-14(8-13)24(27)28)18(25)23-20-22-16(10-31-20)11-4-5-17(29-2)15(21)9-11/h4-10H,3H2,1-2H3,(H,22,23,25). The third-order valence-corrected chi connectivity index (χ3v) is 5.13. The third kappa shape index (κ3) is 5.16. The topological polar surface area (TPSA) is 121 Å². The quantitative estimate of drug-likeness (QED) is 0.304. The number of nitrogens with one attached hydrogen (secondary N) is 1. The minimum absolute atomic E-state index is 0.0681. The number of rotatable bonds is 7. The lowest BCUT2D eigenvalue weighted by molar-refractivity contribution is -0.384. The number of nitrogens with zero attached hydrogens (tertiary/aromatic N) is 2. The van der Waals surface area contributed by atoms with E-state index in [1.807, 2.05) is 0 Å². The van der Waals surface area contributed by atoms with Gasteiger partial charge in [0, 0.05) is 28.6 Å². The van der Waals surface area contributed by atoms with Gasteiger partial charge >= 0.3 is 5.97 Å². The van der Waals surface area contributed by atoms with E-state index >= 15 is 0 Å². The molecule has 1 heterocycles. The zero-order valence-corrected chi connectivity index (χ0v) is 18.0. The summed E-state index contributed by atoms with van der Waals surface area (Å²) in [4.78, 5) is 39.5. The Labute approximate surface area is 185 Å². The van der Waals surface area contributed by atoms with Gasteiger partial charge in [0.05, 0.1) is 34.9 Å². The number of ether oxygens (including phenoxy) is 2. The van der Waals surface area contributed by atoms with Gasteiger partial charge in [-0.25, -0.2) is 9.78 Å². The van der Waals surface area contributed by atoms with Crippen molar-refractivity contribution >= 4 is 45.6 Å². The van der Waals surface area contributed by atoms with Gasteiger partial charge in [-0.15, -0.1) is 11.3 Å². The third-order valence-electron chi connectivity index (χ3n) is 4.07. The van der Waals surface area contributed by atoms with Crippen molar-refractivity contribution in [2.75, 3.05) is 19.0 Å². The molecule has 9 nitrogen and oxygen atoms in total. The molecule has 11 heteroatoms. The maximum absolute atomic E-state index is 12.6. The second-order valence-corrected chi connectivity index (χ2v) is 7.35. The number of anilines is 1. The largest absolute Gasteiger partial charge is 0.495 e. The van der Waals surface area contributed by atoms with E-state index < -0.39 is 22.5 Å². The molecule has 0 aliphatic carbocycles. The Morgan fingerprint density at radius 3 is 2.61 bits per heavy atom. The van der Waals surface area contributed by atoms with E-state index in [1.165, 1.54) is 24.5 Å². The van der Waals surface area contributed by atoms with Gasteiger partial charge in [0.1, 0.15) is 5.75 Å². The Balaban J connectivity index is 1.84. The summed E-state index contributed by atoms with van der Waals surface area (Å²) in [7, 11) is 1.51. The predicted molar refractivity (Wildman–Crippen MR) is 116 cm³/mol. The maximum atomic E-state index is 12.6. The molecular weight excluding hydrogens is 446 g/mol. The van der Waals surface area contributed by atoms with Gasteiger partial charge in [0.2, 0.25) is 0 Å². The number of hydrogen-bond acceptors (Lipinski definition) is 8. The molecule has 0 fully saturated rings. The number of benzene rings is 2. The number of non-ortho nitro benzene ring substituents is 1. The van der Waals surface area contributed by atoms with Crippen molar-refractivity contribution in [2.45, 2.75) is 6.92 Å². The first kappa shape index (κ1) is 22.2. The SMILES string of the molecule is CCOC(=O)c1cc(C(=O)Nc2nc(-c3ccc(OC)c(Cl)c3)cs2)cc([N+](=O)[O-])c1. The van der Waals surface area contributed by atoms with Gasteiger partial charge in [0.25, 0.3) is 11.6 Å². The number of amides is 1. The summed E-state index contributed by atoms with van der Waals surface area (Å²) in [6, 6.07) is 8.54. The minimum atomic E-state index is -0.756. The van der Waals surface area contributed by atoms with E-state index in [2.05, 4.69) is 10.3 Å². The molecule has 3 rings (SSSR count). The first-order valence-corrected chi connectivity index (χ1v) is 10.2. The summed E-state index contributed by atoms with van der Waals surface area (Å²) in [5.41, 5.74) is 0.748. The van der Waals surface area contributed by atoms with Gasteiger partial charge in [-0.1, -0.05) is 11.6 Å². The average molecular weight is 462 g/mol. The molecular formula is C20H16ClN3O6S. The van der Waals surface area contributed by atoms with Crippen LogP contribution in [0.3, 0.4) is 0 Å². The maximum Gasteiger partial charge on any atom is 0.338 e. The van der Waals surface area contributed by atoms with Crippen molar-refractivity contribution in [3.05, 3.63) is 68.0 Å². The zero-order chi connectivity index (χ0) is 22.5. The molecule has 3 aromatic rings. The highest BCUT2D eigenvalue weighted by molar-refractivity contribution is 7.14. The first-order chi connectivity index (χ1) is 14.8. The zero-order valence-electron chi connectivity index (χ0n) is 16.4. The van der Waals surface area contributed by atoms with Crippen LogP contribution in [0.15, 0.2) is 41.8 Å². The summed E-state index contributed by atoms with van der Waals surface area (Å²) < 4.78 is 9.99. The van der Waals surface area contributed by atoms with Crippen LogP contribution in [-0.2, 0) is 4.74 Å². The van der Waals surface area contributed by atoms with E-state index in [4.69, 9.17) is 21.1 Å². The Kier molecular flexibility index (Phi) is 6.83. The molecule has 0 saturated carbocycles. The number of esters is 1. The summed E-state index contributed by atoms with van der Waals surface area (Å²) >= 11 is 7.31. The fourth-order valence-corrected chi connectivity index (χ4v) is 3.61. The number of hydrogen-bond donors (Lipinski definition) is 1. The van der Waals surface area contributed by atoms with Crippen molar-refractivity contribution in [3.63, 3.8) is 0 Å². The van der Waals surface area contributed by atoms with Gasteiger partial charge in [-0.3, -0.25) is 20.2 Å². The number of nitro groups is 1. The van der Waals surface area contributed by atoms with Crippen LogP contribution in [0.5, 0.6) is 5.75 Å². The molecule has 0 atom stereocenters. The summed E-state index contributed by atoms with van der Waals surface area (Å²) in [5.74, 6) is -0.881. The number of carbonyl (C=O) groups is 2. The smallest absolute Gasteiger partial charge is 0.338 e. The number of carbonyl (C=O) groups excluding carboxylic acids is 2. The fourth-order valence-electron chi connectivity index (χ4n) is 2.64. The van der Waals surface area contributed by atoms with Crippen LogP contribution in [-0.4, -0.2) is 35.5 Å². The van der Waals surface area contributed by atoms with E-state index in [0.717, 1.165) is 17.7 Å². The Morgan fingerprint density at radius 2 is 1.97 bits per heavy atom. The second kappa shape index (κ2) is 9.54.